The highest BCUT2D eigenvalue weighted by molar-refractivity contribution is 5.87. The number of esters is 1. The van der Waals surface area contributed by atoms with Crippen LogP contribution in [0.5, 0.6) is 0 Å². The summed E-state index contributed by atoms with van der Waals surface area (Å²) in [6.07, 6.45) is -11.9. The Bertz CT molecular complexity index is 853. The van der Waals surface area contributed by atoms with Gasteiger partial charge in [-0.05, 0) is 13.8 Å². The van der Waals surface area contributed by atoms with E-state index < -0.39 is 78.1 Å². The van der Waals surface area contributed by atoms with Crippen molar-refractivity contribution in [2.45, 2.75) is 73.5 Å². The highest BCUT2D eigenvalue weighted by atomic mass is 19.4. The Morgan fingerprint density at radius 2 is 0.806 bits per heavy atom. The van der Waals surface area contributed by atoms with Crippen molar-refractivity contribution >= 4 is 5.97 Å². The second-order valence-electron chi connectivity index (χ2n) is 6.97. The van der Waals surface area contributed by atoms with Gasteiger partial charge in [-0.25, -0.2) is 4.79 Å². The minimum atomic E-state index is -9.00. The molecule has 2 nitrogen and oxygen atoms in total. The van der Waals surface area contributed by atoms with Crippen LogP contribution in [0.3, 0.4) is 0 Å². The maximum absolute atomic E-state index is 13.8. The predicted octanol–water partition coefficient (Wildman–Crippen LogP) is 7.14. The lowest BCUT2D eigenvalue weighted by Crippen LogP contribution is -2.76. The summed E-state index contributed by atoms with van der Waals surface area (Å²) in [5, 5.41) is 0. The lowest BCUT2D eigenvalue weighted by Gasteiger charge is -2.44. The van der Waals surface area contributed by atoms with Gasteiger partial charge in [-0.3, -0.25) is 0 Å². The molecule has 0 aromatic carbocycles. The van der Waals surface area contributed by atoms with Crippen molar-refractivity contribution < 1.29 is 92.9 Å². The van der Waals surface area contributed by atoms with Crippen LogP contribution in [0, 0.1) is 0 Å². The van der Waals surface area contributed by atoms with Gasteiger partial charge in [0.15, 0.2) is 6.10 Å². The highest BCUT2D eigenvalue weighted by Crippen LogP contribution is 2.65. The molecule has 1 unspecified atom stereocenters. The van der Waals surface area contributed by atoms with Crippen molar-refractivity contribution in [3.8, 4) is 0 Å². The molecule has 214 valence electrons. The Hall–Kier alpha value is -2.12. The van der Waals surface area contributed by atoms with E-state index in [0.717, 1.165) is 0 Å². The molecule has 36 heavy (non-hydrogen) atoms. The molecule has 0 aliphatic carbocycles. The van der Waals surface area contributed by atoms with Crippen molar-refractivity contribution in [3.05, 3.63) is 12.2 Å². The molecule has 0 spiro atoms. The van der Waals surface area contributed by atoms with E-state index in [0.29, 0.717) is 6.92 Å². The van der Waals surface area contributed by atoms with Gasteiger partial charge in [0.2, 0.25) is 0 Å². The molecule has 0 aromatic heterocycles. The van der Waals surface area contributed by atoms with Crippen LogP contribution in [-0.2, 0) is 9.53 Å². The number of ether oxygens (including phenoxy) is 1. The number of hydrogen-bond donors (Lipinski definition) is 0. The molecule has 0 heterocycles. The van der Waals surface area contributed by atoms with E-state index in [-0.39, 0.29) is 0 Å². The molecule has 0 amide bonds. The van der Waals surface area contributed by atoms with Crippen molar-refractivity contribution in [2.24, 2.45) is 0 Å². The third kappa shape index (κ3) is 4.32. The number of carbonyl (C=O) groups excluding carboxylic acids is 1. The molecule has 21 heteroatoms. The SMILES string of the molecule is C=C(C)C(=O)OC(C)C(F)(F)C(F)(F)C(F)(F)C(F)(F)C(F)(F)C(F)(F)C(F)(F)C(F)(F)C(F)(F)F. The Labute approximate surface area is 186 Å². The first-order valence-electron chi connectivity index (χ1n) is 8.20. The summed E-state index contributed by atoms with van der Waals surface area (Å²) >= 11 is 0. The van der Waals surface area contributed by atoms with E-state index in [1.807, 2.05) is 0 Å². The van der Waals surface area contributed by atoms with E-state index in [1.54, 1.807) is 0 Å². The first-order valence-corrected chi connectivity index (χ1v) is 8.20. The van der Waals surface area contributed by atoms with E-state index in [9.17, 15) is 88.2 Å². The van der Waals surface area contributed by atoms with Crippen LogP contribution in [0.1, 0.15) is 13.8 Å². The lowest BCUT2D eigenvalue weighted by molar-refractivity contribution is -0.470. The first kappa shape index (κ1) is 33.9. The predicted molar refractivity (Wildman–Crippen MR) is 76.0 cm³/mol. The van der Waals surface area contributed by atoms with Gasteiger partial charge in [-0.1, -0.05) is 6.58 Å². The minimum absolute atomic E-state index is 0.451. The summed E-state index contributed by atoms with van der Waals surface area (Å²) in [5.41, 5.74) is -0.933. The normalized spacial score (nSPS) is 16.6. The summed E-state index contributed by atoms with van der Waals surface area (Å²) in [6, 6.07) is 0. The van der Waals surface area contributed by atoms with Gasteiger partial charge in [0, 0.05) is 5.57 Å². The van der Waals surface area contributed by atoms with Crippen molar-refractivity contribution in [1.82, 2.24) is 0 Å². The van der Waals surface area contributed by atoms with E-state index in [2.05, 4.69) is 11.3 Å². The van der Waals surface area contributed by atoms with Crippen molar-refractivity contribution in [1.29, 1.82) is 0 Å². The fourth-order valence-corrected chi connectivity index (χ4v) is 1.96. The number of rotatable bonds is 10. The maximum Gasteiger partial charge on any atom is 0.460 e. The molecule has 0 aromatic rings. The number of carbonyl (C=O) groups is 1. The van der Waals surface area contributed by atoms with Crippen LogP contribution in [0.4, 0.5) is 83.4 Å². The van der Waals surface area contributed by atoms with Crippen LogP contribution in [0.15, 0.2) is 12.2 Å². The third-order valence-electron chi connectivity index (χ3n) is 4.28. The lowest BCUT2D eigenvalue weighted by atomic mass is 9.86. The molecular weight excluding hydrogens is 573 g/mol. The summed E-state index contributed by atoms with van der Waals surface area (Å²) in [4.78, 5) is 11.0. The Morgan fingerprint density at radius 3 is 1.06 bits per heavy atom. The summed E-state index contributed by atoms with van der Waals surface area (Å²) in [5.74, 6) is -69.7. The zero-order chi connectivity index (χ0) is 29.9. The Balaban J connectivity index is 6.89. The zero-order valence-electron chi connectivity index (χ0n) is 16.8. The molecule has 0 aliphatic rings. The van der Waals surface area contributed by atoms with E-state index in [1.165, 1.54) is 0 Å². The van der Waals surface area contributed by atoms with Crippen LogP contribution in [0.2, 0.25) is 0 Å². The molecule has 0 saturated carbocycles. The van der Waals surface area contributed by atoms with Crippen LogP contribution < -0.4 is 0 Å². The van der Waals surface area contributed by atoms with Gasteiger partial charge in [0.1, 0.15) is 0 Å². The van der Waals surface area contributed by atoms with Gasteiger partial charge >= 0.3 is 59.5 Å². The third-order valence-corrected chi connectivity index (χ3v) is 4.28. The molecule has 0 fully saturated rings. The number of alkyl halides is 19. The van der Waals surface area contributed by atoms with Gasteiger partial charge in [0.05, 0.1) is 0 Å². The van der Waals surface area contributed by atoms with Crippen molar-refractivity contribution in [2.75, 3.05) is 0 Å². The zero-order valence-corrected chi connectivity index (χ0v) is 16.8. The first-order chi connectivity index (χ1) is 15.2. The summed E-state index contributed by atoms with van der Waals surface area (Å²) < 4.78 is 254. The number of hydrogen-bond acceptors (Lipinski definition) is 2. The summed E-state index contributed by atoms with van der Waals surface area (Å²) in [6.45, 7) is 2.86. The molecule has 0 radical (unpaired) electrons. The largest absolute Gasteiger partial charge is 0.460 e. The second kappa shape index (κ2) is 8.73. The topological polar surface area (TPSA) is 26.3 Å². The Morgan fingerprint density at radius 1 is 0.556 bits per heavy atom. The van der Waals surface area contributed by atoms with Crippen LogP contribution >= 0.6 is 0 Å². The van der Waals surface area contributed by atoms with Crippen LogP contribution in [0.25, 0.3) is 0 Å². The second-order valence-corrected chi connectivity index (χ2v) is 6.97. The molecule has 0 rings (SSSR count). The molecule has 0 saturated heterocycles. The van der Waals surface area contributed by atoms with E-state index >= 15 is 0 Å². The average Bonchev–Trinajstić information content (AvgIpc) is 2.65. The van der Waals surface area contributed by atoms with Gasteiger partial charge in [0.25, 0.3) is 0 Å². The van der Waals surface area contributed by atoms with Gasteiger partial charge in [-0.2, -0.15) is 83.4 Å². The highest BCUT2D eigenvalue weighted by Gasteiger charge is 2.97. The monoisotopic (exact) mass is 582 g/mol. The molecule has 0 aliphatic heterocycles. The maximum atomic E-state index is 13.8. The fraction of sp³-hybridized carbons (Fsp3) is 0.800. The minimum Gasteiger partial charge on any atom is -0.453 e. The fourth-order valence-electron chi connectivity index (χ4n) is 1.96. The standard InChI is InChI=1S/C15H9F19O2/c1-4(2)6(35)36-5(3)7(16,17)8(18,19)9(20,21)10(22,23)11(24,25)12(26,27)13(28,29)14(30,31)15(32,33)34/h5H,1H2,2-3H3. The molecule has 1 atom stereocenters. The Kier molecular flexibility index (Phi) is 8.21. The van der Waals surface area contributed by atoms with Gasteiger partial charge in [-0.15, -0.1) is 0 Å². The van der Waals surface area contributed by atoms with Crippen LogP contribution in [-0.4, -0.2) is 65.6 Å². The molecule has 0 bridgehead atoms. The average molecular weight is 582 g/mol. The smallest absolute Gasteiger partial charge is 0.453 e. The molecule has 0 N–H and O–H groups in total. The van der Waals surface area contributed by atoms with Crippen molar-refractivity contribution in [3.63, 3.8) is 0 Å². The number of halogens is 19. The quantitative estimate of drug-likeness (QED) is 0.156. The summed E-state index contributed by atoms with van der Waals surface area (Å²) in [7, 11) is 0. The molecular formula is C15H9F19O2. The van der Waals surface area contributed by atoms with E-state index in [4.69, 9.17) is 0 Å². The van der Waals surface area contributed by atoms with Gasteiger partial charge < -0.3 is 4.74 Å².